The minimum Gasteiger partial charge on any atom is -0.394 e. The molecule has 1 saturated heterocycles. The molecule has 9 nitrogen and oxygen atoms in total. The molecule has 0 aliphatic carbocycles. The van der Waals surface area contributed by atoms with Crippen LogP contribution in [0.25, 0.3) is 0 Å². The van der Waals surface area contributed by atoms with Crippen LogP contribution in [0.2, 0.25) is 0 Å². The maximum Gasteiger partial charge on any atom is 0.220 e. The van der Waals surface area contributed by atoms with E-state index in [0.29, 0.717) is 12.8 Å². The summed E-state index contributed by atoms with van der Waals surface area (Å²) >= 11 is 0. The summed E-state index contributed by atoms with van der Waals surface area (Å²) < 4.78 is 11.3. The van der Waals surface area contributed by atoms with Crippen molar-refractivity contribution < 1.29 is 39.8 Å². The number of rotatable bonds is 47. The molecule has 0 spiro atoms. The van der Waals surface area contributed by atoms with Crippen molar-refractivity contribution in [2.45, 2.75) is 281 Å². The first kappa shape index (κ1) is 63.6. The van der Waals surface area contributed by atoms with E-state index in [1.165, 1.54) is 148 Å². The third kappa shape index (κ3) is 37.5. The third-order valence-electron chi connectivity index (χ3n) is 13.1. The number of allylic oxidation sites excluding steroid dienone is 12. The second kappa shape index (κ2) is 48.3. The fraction of sp³-hybridized carbons (Fsp3) is 0.780. The minimum atomic E-state index is -1.57. The van der Waals surface area contributed by atoms with Crippen LogP contribution in [-0.4, -0.2) is 87.5 Å². The van der Waals surface area contributed by atoms with Crippen molar-refractivity contribution >= 4 is 5.91 Å². The van der Waals surface area contributed by atoms with Gasteiger partial charge in [-0.2, -0.15) is 0 Å². The highest BCUT2D eigenvalue weighted by atomic mass is 16.7. The number of hydrogen-bond acceptors (Lipinski definition) is 8. The molecule has 1 heterocycles. The Labute approximate surface area is 417 Å². The molecular weight excluding hydrogens is 851 g/mol. The second-order valence-corrected chi connectivity index (χ2v) is 19.4. The molecule has 1 fully saturated rings. The molecule has 394 valence electrons. The Balaban J connectivity index is 2.26. The van der Waals surface area contributed by atoms with Crippen LogP contribution in [0.5, 0.6) is 0 Å². The molecule has 0 aromatic heterocycles. The van der Waals surface area contributed by atoms with Gasteiger partial charge in [0.15, 0.2) is 6.29 Å². The Bertz CT molecular complexity index is 1290. The maximum atomic E-state index is 13.0. The van der Waals surface area contributed by atoms with E-state index in [2.05, 4.69) is 79.9 Å². The van der Waals surface area contributed by atoms with Gasteiger partial charge in [0.25, 0.3) is 0 Å². The van der Waals surface area contributed by atoms with E-state index in [0.717, 1.165) is 57.8 Å². The van der Waals surface area contributed by atoms with Crippen LogP contribution in [0.3, 0.4) is 0 Å². The Kier molecular flexibility index (Phi) is 45.2. The van der Waals surface area contributed by atoms with E-state index in [1.807, 2.05) is 12.2 Å². The van der Waals surface area contributed by atoms with E-state index < -0.39 is 49.5 Å². The number of hydrogen-bond donors (Lipinski definition) is 6. The summed E-state index contributed by atoms with van der Waals surface area (Å²) in [5.74, 6) is -0.226. The Hall–Kier alpha value is -2.37. The molecule has 0 bridgehead atoms. The van der Waals surface area contributed by atoms with Gasteiger partial charge in [0.2, 0.25) is 5.91 Å². The molecule has 9 heteroatoms. The fourth-order valence-electron chi connectivity index (χ4n) is 8.66. The van der Waals surface area contributed by atoms with Crippen LogP contribution in [0.1, 0.15) is 239 Å². The lowest BCUT2D eigenvalue weighted by Crippen LogP contribution is -2.60. The number of amides is 1. The summed E-state index contributed by atoms with van der Waals surface area (Å²) in [6.07, 6.45) is 59.4. The van der Waals surface area contributed by atoms with E-state index in [9.17, 15) is 30.3 Å². The highest BCUT2D eigenvalue weighted by molar-refractivity contribution is 5.76. The SMILES string of the molecule is CC/C=C\C/C=C\C/C=C\C/C=C\C/C=C\C/C=C\CCC(=O)NC(COC1OC(CO)C(O)C(O)C1O)C(O)CCCCCCCCCCCCCCCCCCCCCCCCCCCC. The van der Waals surface area contributed by atoms with Gasteiger partial charge in [0.1, 0.15) is 24.4 Å². The first-order valence-corrected chi connectivity index (χ1v) is 28.1. The van der Waals surface area contributed by atoms with Gasteiger partial charge in [0.05, 0.1) is 25.4 Å². The maximum absolute atomic E-state index is 13.0. The predicted molar refractivity (Wildman–Crippen MR) is 285 cm³/mol. The van der Waals surface area contributed by atoms with Crippen molar-refractivity contribution in [3.05, 3.63) is 72.9 Å². The summed E-state index contributed by atoms with van der Waals surface area (Å²) in [4.78, 5) is 13.0. The molecule has 0 aromatic carbocycles. The van der Waals surface area contributed by atoms with Gasteiger partial charge in [-0.25, -0.2) is 0 Å². The highest BCUT2D eigenvalue weighted by Gasteiger charge is 2.44. The van der Waals surface area contributed by atoms with Crippen LogP contribution in [0.4, 0.5) is 0 Å². The van der Waals surface area contributed by atoms with Crippen LogP contribution < -0.4 is 5.32 Å². The number of aliphatic hydroxyl groups excluding tert-OH is 5. The zero-order chi connectivity index (χ0) is 49.4. The highest BCUT2D eigenvalue weighted by Crippen LogP contribution is 2.23. The van der Waals surface area contributed by atoms with Gasteiger partial charge >= 0.3 is 0 Å². The minimum absolute atomic E-state index is 0.172. The lowest BCUT2D eigenvalue weighted by molar-refractivity contribution is -0.302. The lowest BCUT2D eigenvalue weighted by atomic mass is 9.99. The topological polar surface area (TPSA) is 149 Å². The number of ether oxygens (including phenoxy) is 2. The molecule has 7 unspecified atom stereocenters. The number of carbonyl (C=O) groups is 1. The number of aliphatic hydroxyl groups is 5. The molecule has 7 atom stereocenters. The first-order valence-electron chi connectivity index (χ1n) is 28.1. The van der Waals surface area contributed by atoms with Crippen LogP contribution >= 0.6 is 0 Å². The summed E-state index contributed by atoms with van der Waals surface area (Å²) in [6.45, 7) is 3.69. The molecule has 1 aliphatic heterocycles. The fourth-order valence-corrected chi connectivity index (χ4v) is 8.66. The van der Waals surface area contributed by atoms with E-state index >= 15 is 0 Å². The molecule has 1 aliphatic rings. The normalized spacial score (nSPS) is 20.1. The van der Waals surface area contributed by atoms with Gasteiger partial charge in [-0.1, -0.05) is 254 Å². The Morgan fingerprint density at radius 2 is 0.882 bits per heavy atom. The predicted octanol–water partition coefficient (Wildman–Crippen LogP) is 13.7. The zero-order valence-corrected chi connectivity index (χ0v) is 43.6. The number of nitrogens with one attached hydrogen (secondary N) is 1. The third-order valence-corrected chi connectivity index (χ3v) is 13.1. The zero-order valence-electron chi connectivity index (χ0n) is 43.6. The van der Waals surface area contributed by atoms with E-state index in [-0.39, 0.29) is 18.9 Å². The molecule has 0 aromatic rings. The summed E-state index contributed by atoms with van der Waals surface area (Å²) in [7, 11) is 0. The van der Waals surface area contributed by atoms with Crippen molar-refractivity contribution in [1.82, 2.24) is 5.32 Å². The first-order chi connectivity index (χ1) is 33.3. The van der Waals surface area contributed by atoms with Crippen LogP contribution in [-0.2, 0) is 14.3 Å². The van der Waals surface area contributed by atoms with Gasteiger partial charge in [-0.3, -0.25) is 4.79 Å². The number of carbonyl (C=O) groups excluding carboxylic acids is 1. The lowest BCUT2D eigenvalue weighted by Gasteiger charge is -2.40. The molecule has 1 rings (SSSR count). The van der Waals surface area contributed by atoms with E-state index in [4.69, 9.17) is 9.47 Å². The van der Waals surface area contributed by atoms with Gasteiger partial charge < -0.3 is 40.3 Å². The average Bonchev–Trinajstić information content (AvgIpc) is 3.34. The standard InChI is InChI=1S/C59H105NO8/c1-3-5-7-9-11-13-15-17-19-21-23-24-25-26-27-28-29-31-32-34-36-38-40-42-44-46-48-53(62)52(51-67-59-58(66)57(65)56(64)54(50-61)68-59)60-55(63)49-47-45-43-41-39-37-35-33-30-22-20-18-16-14-12-10-8-6-4-2/h6,8,12,14,18,20,30,33,37,39,43,45,52-54,56-59,61-62,64-66H,3-5,7,9-11,13,15-17,19,21-29,31-32,34-36,38,40-42,44,46-51H2,1-2H3,(H,60,63)/b8-6-,14-12-,20-18-,33-30-,39-37-,45-43-. The van der Waals surface area contributed by atoms with Crippen molar-refractivity contribution in [3.8, 4) is 0 Å². The average molecular weight is 956 g/mol. The number of unbranched alkanes of at least 4 members (excludes halogenated alkanes) is 25. The summed E-state index contributed by atoms with van der Waals surface area (Å²) in [6, 6.07) is -0.764. The van der Waals surface area contributed by atoms with Crippen LogP contribution in [0.15, 0.2) is 72.9 Å². The molecule has 1 amide bonds. The second-order valence-electron chi connectivity index (χ2n) is 19.4. The largest absolute Gasteiger partial charge is 0.394 e. The molecule has 6 N–H and O–H groups in total. The summed E-state index contributed by atoms with van der Waals surface area (Å²) in [5.41, 5.74) is 0. The van der Waals surface area contributed by atoms with Gasteiger partial charge in [-0.15, -0.1) is 0 Å². The molecule has 68 heavy (non-hydrogen) atoms. The van der Waals surface area contributed by atoms with Crippen LogP contribution in [0, 0.1) is 0 Å². The van der Waals surface area contributed by atoms with Crippen molar-refractivity contribution in [2.24, 2.45) is 0 Å². The Morgan fingerprint density at radius 3 is 1.26 bits per heavy atom. The summed E-state index contributed by atoms with van der Waals surface area (Å²) in [5, 5.41) is 54.6. The quantitative estimate of drug-likeness (QED) is 0.0261. The molecule has 0 saturated carbocycles. The Morgan fingerprint density at radius 1 is 0.515 bits per heavy atom. The molecular formula is C59H105NO8. The smallest absolute Gasteiger partial charge is 0.220 e. The van der Waals surface area contributed by atoms with Gasteiger partial charge in [0, 0.05) is 6.42 Å². The van der Waals surface area contributed by atoms with Gasteiger partial charge in [-0.05, 0) is 51.4 Å². The monoisotopic (exact) mass is 956 g/mol. The van der Waals surface area contributed by atoms with Crippen molar-refractivity contribution in [2.75, 3.05) is 13.2 Å². The van der Waals surface area contributed by atoms with E-state index in [1.54, 1.807) is 0 Å². The van der Waals surface area contributed by atoms with Crippen molar-refractivity contribution in [1.29, 1.82) is 0 Å². The molecule has 0 radical (unpaired) electrons. The van der Waals surface area contributed by atoms with Crippen molar-refractivity contribution in [3.63, 3.8) is 0 Å².